The Bertz CT molecular complexity index is 565. The van der Waals surface area contributed by atoms with Gasteiger partial charge in [0.25, 0.3) is 0 Å². The SMILES string of the molecule is CC(C1=CCC=C1OCO[Si](C)(C)C)C1=CCC=C1OCO[Si](C)(C)C. The van der Waals surface area contributed by atoms with E-state index in [1.165, 1.54) is 11.1 Å². The van der Waals surface area contributed by atoms with Crippen LogP contribution in [0.25, 0.3) is 0 Å². The van der Waals surface area contributed by atoms with Gasteiger partial charge in [0.1, 0.15) is 11.5 Å². The Morgan fingerprint density at radius 2 is 1.12 bits per heavy atom. The molecule has 0 aromatic carbocycles. The van der Waals surface area contributed by atoms with Crippen molar-refractivity contribution < 1.29 is 18.3 Å². The van der Waals surface area contributed by atoms with Crippen molar-refractivity contribution in [2.45, 2.75) is 59.0 Å². The van der Waals surface area contributed by atoms with Gasteiger partial charge in [-0.25, -0.2) is 0 Å². The maximum absolute atomic E-state index is 5.93. The van der Waals surface area contributed by atoms with E-state index in [4.69, 9.17) is 18.3 Å². The number of ether oxygens (including phenoxy) is 2. The average Bonchev–Trinajstić information content (AvgIpc) is 3.13. The highest BCUT2D eigenvalue weighted by molar-refractivity contribution is 6.70. The summed E-state index contributed by atoms with van der Waals surface area (Å²) in [6.07, 6.45) is 10.6. The lowest BCUT2D eigenvalue weighted by atomic mass is 9.92. The highest BCUT2D eigenvalue weighted by Crippen LogP contribution is 2.37. The standard InChI is InChI=1S/C20H34O4Si2/c1-16(17-10-8-12-19(17)21-14-23-25(2,3)4)18-11-9-13-20(18)22-15-24-26(5,6)7/h10-13,16H,8-9,14-15H2,1-7H3. The van der Waals surface area contributed by atoms with Gasteiger partial charge in [0.05, 0.1) is 0 Å². The Balaban J connectivity index is 1.92. The summed E-state index contributed by atoms with van der Waals surface area (Å²) >= 11 is 0. The van der Waals surface area contributed by atoms with Crippen molar-refractivity contribution in [3.8, 4) is 0 Å². The molecule has 0 N–H and O–H groups in total. The average molecular weight is 395 g/mol. The molecule has 0 fully saturated rings. The van der Waals surface area contributed by atoms with Crippen LogP contribution in [0, 0.1) is 5.92 Å². The summed E-state index contributed by atoms with van der Waals surface area (Å²) < 4.78 is 23.5. The van der Waals surface area contributed by atoms with Crippen LogP contribution in [-0.2, 0) is 18.3 Å². The summed E-state index contributed by atoms with van der Waals surface area (Å²) in [7, 11) is -3.14. The van der Waals surface area contributed by atoms with E-state index >= 15 is 0 Å². The van der Waals surface area contributed by atoms with Crippen molar-refractivity contribution in [3.05, 3.63) is 47.0 Å². The van der Waals surface area contributed by atoms with Gasteiger partial charge in [0, 0.05) is 5.92 Å². The first kappa shape index (κ1) is 21.2. The molecule has 0 radical (unpaired) electrons. The molecule has 0 unspecified atom stereocenters. The highest BCUT2D eigenvalue weighted by atomic mass is 28.4. The van der Waals surface area contributed by atoms with Gasteiger partial charge in [-0.05, 0) is 75.4 Å². The van der Waals surface area contributed by atoms with E-state index in [1.807, 2.05) is 0 Å². The number of rotatable bonds is 10. The van der Waals surface area contributed by atoms with E-state index in [0.29, 0.717) is 13.6 Å². The molecular weight excluding hydrogens is 360 g/mol. The van der Waals surface area contributed by atoms with Gasteiger partial charge in [0.15, 0.2) is 30.2 Å². The first-order chi connectivity index (χ1) is 12.1. The molecule has 0 amide bonds. The summed E-state index contributed by atoms with van der Waals surface area (Å²) in [5.74, 6) is 2.12. The van der Waals surface area contributed by atoms with Crippen LogP contribution >= 0.6 is 0 Å². The van der Waals surface area contributed by atoms with Gasteiger partial charge in [-0.1, -0.05) is 19.1 Å². The Labute approximate surface area is 160 Å². The van der Waals surface area contributed by atoms with E-state index in [2.05, 4.69) is 70.5 Å². The molecular formula is C20H34O4Si2. The molecule has 0 aliphatic heterocycles. The second-order valence-corrected chi connectivity index (χ2v) is 17.7. The summed E-state index contributed by atoms with van der Waals surface area (Å²) in [6, 6.07) is 0. The first-order valence-electron chi connectivity index (χ1n) is 9.41. The van der Waals surface area contributed by atoms with Crippen molar-refractivity contribution in [2.75, 3.05) is 13.6 Å². The molecule has 0 aromatic heterocycles. The monoisotopic (exact) mass is 394 g/mol. The van der Waals surface area contributed by atoms with E-state index in [0.717, 1.165) is 24.4 Å². The number of allylic oxidation sites excluding steroid dienone is 6. The lowest BCUT2D eigenvalue weighted by molar-refractivity contribution is 0.0559. The van der Waals surface area contributed by atoms with Gasteiger partial charge in [-0.3, -0.25) is 0 Å². The second-order valence-electron chi connectivity index (χ2n) is 8.69. The molecule has 0 saturated heterocycles. The Morgan fingerprint density at radius 1 is 0.731 bits per heavy atom. The van der Waals surface area contributed by atoms with Crippen LogP contribution in [0.4, 0.5) is 0 Å². The Hall–Kier alpha value is -1.09. The third-order valence-electron chi connectivity index (χ3n) is 4.20. The van der Waals surface area contributed by atoms with Gasteiger partial charge in [-0.2, -0.15) is 0 Å². The zero-order valence-electron chi connectivity index (χ0n) is 17.3. The van der Waals surface area contributed by atoms with Crippen LogP contribution in [0.3, 0.4) is 0 Å². The molecule has 2 aliphatic carbocycles. The fourth-order valence-electron chi connectivity index (χ4n) is 2.79. The number of hydrogen-bond donors (Lipinski definition) is 0. The van der Waals surface area contributed by atoms with Crippen LogP contribution in [0.1, 0.15) is 19.8 Å². The molecule has 146 valence electrons. The predicted octanol–water partition coefficient (Wildman–Crippen LogP) is 5.70. The molecule has 0 aromatic rings. The van der Waals surface area contributed by atoms with Crippen LogP contribution in [0.15, 0.2) is 47.0 Å². The highest BCUT2D eigenvalue weighted by Gasteiger charge is 2.26. The van der Waals surface area contributed by atoms with Crippen molar-refractivity contribution in [1.82, 2.24) is 0 Å². The normalized spacial score (nSPS) is 17.8. The predicted molar refractivity (Wildman–Crippen MR) is 111 cm³/mol. The molecule has 0 spiro atoms. The fourth-order valence-corrected chi connectivity index (χ4v) is 3.62. The van der Waals surface area contributed by atoms with E-state index in [-0.39, 0.29) is 5.92 Å². The molecule has 26 heavy (non-hydrogen) atoms. The molecule has 0 atom stereocenters. The minimum absolute atomic E-state index is 0.233. The van der Waals surface area contributed by atoms with E-state index in [1.54, 1.807) is 0 Å². The van der Waals surface area contributed by atoms with Crippen molar-refractivity contribution >= 4 is 16.6 Å². The molecule has 0 saturated carbocycles. The zero-order valence-corrected chi connectivity index (χ0v) is 19.3. The van der Waals surface area contributed by atoms with Gasteiger partial charge in [0.2, 0.25) is 0 Å². The molecule has 0 bridgehead atoms. The number of hydrogen-bond acceptors (Lipinski definition) is 4. The van der Waals surface area contributed by atoms with Crippen molar-refractivity contribution in [3.63, 3.8) is 0 Å². The Kier molecular flexibility index (Phi) is 7.13. The van der Waals surface area contributed by atoms with Crippen LogP contribution < -0.4 is 0 Å². The van der Waals surface area contributed by atoms with Gasteiger partial charge in [-0.15, -0.1) is 0 Å². The topological polar surface area (TPSA) is 36.9 Å². The first-order valence-corrected chi connectivity index (χ1v) is 16.2. The zero-order chi connectivity index (χ0) is 19.4. The minimum atomic E-state index is -1.57. The summed E-state index contributed by atoms with van der Waals surface area (Å²) in [5, 5.41) is 0. The van der Waals surface area contributed by atoms with Crippen LogP contribution in [-0.4, -0.2) is 30.2 Å². The van der Waals surface area contributed by atoms with Crippen LogP contribution in [0.2, 0.25) is 39.3 Å². The van der Waals surface area contributed by atoms with E-state index < -0.39 is 16.6 Å². The molecule has 4 nitrogen and oxygen atoms in total. The molecule has 2 rings (SSSR count). The van der Waals surface area contributed by atoms with Crippen LogP contribution in [0.5, 0.6) is 0 Å². The minimum Gasteiger partial charge on any atom is -0.469 e. The largest absolute Gasteiger partial charge is 0.469 e. The van der Waals surface area contributed by atoms with Gasteiger partial charge < -0.3 is 18.3 Å². The Morgan fingerprint density at radius 3 is 1.46 bits per heavy atom. The fraction of sp³-hybridized carbons (Fsp3) is 0.600. The summed E-state index contributed by atoms with van der Waals surface area (Å²) in [4.78, 5) is 0. The maximum atomic E-state index is 5.93. The second kappa shape index (κ2) is 8.73. The quantitative estimate of drug-likeness (QED) is 0.352. The smallest absolute Gasteiger partial charge is 0.188 e. The van der Waals surface area contributed by atoms with E-state index in [9.17, 15) is 0 Å². The lowest BCUT2D eigenvalue weighted by Crippen LogP contribution is -2.27. The van der Waals surface area contributed by atoms with Gasteiger partial charge >= 0.3 is 0 Å². The molecule has 2 aliphatic rings. The molecule has 0 heterocycles. The summed E-state index contributed by atoms with van der Waals surface area (Å²) in [5.41, 5.74) is 2.44. The maximum Gasteiger partial charge on any atom is 0.188 e. The third kappa shape index (κ3) is 6.57. The third-order valence-corrected chi connectivity index (χ3v) is 6.16. The summed E-state index contributed by atoms with van der Waals surface area (Å²) in [6.45, 7) is 15.9. The molecule has 6 heteroatoms. The van der Waals surface area contributed by atoms with Crippen molar-refractivity contribution in [2.24, 2.45) is 5.92 Å². The van der Waals surface area contributed by atoms with Crippen molar-refractivity contribution in [1.29, 1.82) is 0 Å². The lowest BCUT2D eigenvalue weighted by Gasteiger charge is -2.23.